The predicted molar refractivity (Wildman–Crippen MR) is 109 cm³/mol. The molecule has 29 heavy (non-hydrogen) atoms. The molecular weight excluding hydrogens is 372 g/mol. The lowest BCUT2D eigenvalue weighted by Gasteiger charge is -2.14. The third-order valence-electron chi connectivity index (χ3n) is 4.73. The Bertz CT molecular complexity index is 1360. The molecule has 0 bridgehead atoms. The molecule has 4 aromatic rings. The highest BCUT2D eigenvalue weighted by atomic mass is 16.2. The number of nitrogens with one attached hydrogen (secondary N) is 1. The summed E-state index contributed by atoms with van der Waals surface area (Å²) in [6.45, 7) is 1.41. The second-order valence-electron chi connectivity index (χ2n) is 6.64. The average molecular weight is 390 g/mol. The van der Waals surface area contributed by atoms with Gasteiger partial charge in [-0.15, -0.1) is 0 Å². The monoisotopic (exact) mass is 390 g/mol. The molecule has 146 valence electrons. The summed E-state index contributed by atoms with van der Waals surface area (Å²) in [6.07, 6.45) is 4.85. The molecule has 0 saturated carbocycles. The molecule has 0 saturated heterocycles. The second-order valence-corrected chi connectivity index (χ2v) is 6.64. The minimum Gasteiger partial charge on any atom is -0.325 e. The minimum atomic E-state index is -0.469. The number of carbonyl (C=O) groups is 1. The molecule has 0 atom stereocenters. The van der Waals surface area contributed by atoms with Gasteiger partial charge in [-0.25, -0.2) is 9.78 Å². The zero-order valence-electron chi connectivity index (χ0n) is 16.1. The zero-order valence-corrected chi connectivity index (χ0v) is 16.1. The molecule has 1 amide bonds. The topological polar surface area (TPSA) is 104 Å². The Kier molecular flexibility index (Phi) is 4.34. The summed E-state index contributed by atoms with van der Waals surface area (Å²) in [5, 5.41) is 2.79. The van der Waals surface area contributed by atoms with Crippen molar-refractivity contribution in [1.82, 2.24) is 23.7 Å². The van der Waals surface area contributed by atoms with E-state index in [0.717, 1.165) is 15.7 Å². The number of hydrogen-bond donors (Lipinski definition) is 1. The lowest BCUT2D eigenvalue weighted by molar-refractivity contribution is -0.114. The average Bonchev–Trinajstić information content (AvgIpc) is 3.16. The van der Waals surface area contributed by atoms with Gasteiger partial charge in [-0.05, 0) is 35.4 Å². The zero-order chi connectivity index (χ0) is 20.7. The number of amides is 1. The Morgan fingerprint density at radius 2 is 1.72 bits per heavy atom. The van der Waals surface area contributed by atoms with E-state index in [1.807, 2.05) is 24.3 Å². The quantitative estimate of drug-likeness (QED) is 0.570. The third-order valence-corrected chi connectivity index (χ3v) is 4.73. The fourth-order valence-electron chi connectivity index (χ4n) is 3.28. The van der Waals surface area contributed by atoms with E-state index >= 15 is 0 Å². The van der Waals surface area contributed by atoms with Crippen LogP contribution in [0, 0.1) is 0 Å². The van der Waals surface area contributed by atoms with Gasteiger partial charge in [0.05, 0.1) is 11.4 Å². The van der Waals surface area contributed by atoms with E-state index in [1.165, 1.54) is 24.9 Å². The van der Waals surface area contributed by atoms with Crippen LogP contribution in [0.4, 0.5) is 5.69 Å². The molecule has 3 heterocycles. The molecule has 0 radical (unpaired) electrons. The molecule has 0 unspecified atom stereocenters. The Morgan fingerprint density at radius 1 is 1.00 bits per heavy atom. The summed E-state index contributed by atoms with van der Waals surface area (Å²) in [4.78, 5) is 45.1. The Morgan fingerprint density at radius 3 is 2.41 bits per heavy atom. The van der Waals surface area contributed by atoms with Gasteiger partial charge in [0.2, 0.25) is 5.91 Å². The van der Waals surface area contributed by atoms with Gasteiger partial charge in [0.1, 0.15) is 6.33 Å². The number of rotatable bonds is 3. The number of carbonyl (C=O) groups excluding carboxylic acids is 1. The first-order valence-electron chi connectivity index (χ1n) is 8.84. The number of imidazole rings is 1. The van der Waals surface area contributed by atoms with Crippen LogP contribution in [0.1, 0.15) is 6.92 Å². The van der Waals surface area contributed by atoms with Crippen molar-refractivity contribution >= 4 is 22.8 Å². The fraction of sp³-hybridized carbons (Fsp3) is 0.150. The highest BCUT2D eigenvalue weighted by Crippen LogP contribution is 2.29. The molecule has 0 aliphatic carbocycles. The number of anilines is 1. The van der Waals surface area contributed by atoms with E-state index in [2.05, 4.69) is 15.3 Å². The molecule has 0 spiro atoms. The first-order chi connectivity index (χ1) is 13.9. The van der Waals surface area contributed by atoms with Gasteiger partial charge in [-0.2, -0.15) is 0 Å². The van der Waals surface area contributed by atoms with Gasteiger partial charge in [0.25, 0.3) is 5.56 Å². The van der Waals surface area contributed by atoms with Crippen LogP contribution in [0.3, 0.4) is 0 Å². The Labute approximate surface area is 164 Å². The number of nitrogens with zero attached hydrogens (tertiary/aromatic N) is 5. The summed E-state index contributed by atoms with van der Waals surface area (Å²) in [6, 6.07) is 9.23. The van der Waals surface area contributed by atoms with E-state index in [0.29, 0.717) is 11.4 Å². The maximum absolute atomic E-state index is 12.8. The highest BCUT2D eigenvalue weighted by Gasteiger charge is 2.18. The van der Waals surface area contributed by atoms with Crippen molar-refractivity contribution in [2.45, 2.75) is 6.92 Å². The fourth-order valence-corrected chi connectivity index (χ4v) is 3.28. The van der Waals surface area contributed by atoms with Crippen LogP contribution in [0.15, 0.2) is 58.6 Å². The molecule has 0 aliphatic rings. The van der Waals surface area contributed by atoms with Crippen LogP contribution in [-0.4, -0.2) is 29.6 Å². The molecule has 1 aromatic carbocycles. The van der Waals surface area contributed by atoms with Crippen molar-refractivity contribution in [2.24, 2.45) is 14.1 Å². The number of pyridine rings is 1. The van der Waals surface area contributed by atoms with Crippen molar-refractivity contribution in [2.75, 3.05) is 5.32 Å². The predicted octanol–water partition coefficient (Wildman–Crippen LogP) is 1.44. The molecular formula is C20H18N6O3. The Hall–Kier alpha value is -4.01. The van der Waals surface area contributed by atoms with Crippen LogP contribution >= 0.6 is 0 Å². The molecule has 9 heteroatoms. The SMILES string of the molecule is CC(=O)Nc1ccc(-c2ccncc2)cc1-n1cnc2c1c(=O)n(C)c(=O)n2C. The van der Waals surface area contributed by atoms with E-state index in [1.54, 1.807) is 30.1 Å². The van der Waals surface area contributed by atoms with Gasteiger partial charge in [0.15, 0.2) is 11.2 Å². The van der Waals surface area contributed by atoms with Crippen molar-refractivity contribution in [1.29, 1.82) is 0 Å². The van der Waals surface area contributed by atoms with Crippen molar-refractivity contribution in [3.05, 3.63) is 69.9 Å². The van der Waals surface area contributed by atoms with Gasteiger partial charge >= 0.3 is 5.69 Å². The van der Waals surface area contributed by atoms with Crippen molar-refractivity contribution < 1.29 is 4.79 Å². The van der Waals surface area contributed by atoms with E-state index in [4.69, 9.17) is 0 Å². The van der Waals surface area contributed by atoms with Crippen molar-refractivity contribution in [3.63, 3.8) is 0 Å². The van der Waals surface area contributed by atoms with Gasteiger partial charge in [-0.1, -0.05) is 6.07 Å². The normalized spacial score (nSPS) is 11.0. The second kappa shape index (κ2) is 6.86. The largest absolute Gasteiger partial charge is 0.332 e. The summed E-state index contributed by atoms with van der Waals surface area (Å²) in [7, 11) is 2.98. The number of fused-ring (bicyclic) bond motifs is 1. The summed E-state index contributed by atoms with van der Waals surface area (Å²) in [5.41, 5.74) is 2.47. The number of aromatic nitrogens is 5. The first-order valence-corrected chi connectivity index (χ1v) is 8.84. The van der Waals surface area contributed by atoms with Crippen LogP contribution in [0.25, 0.3) is 28.0 Å². The van der Waals surface area contributed by atoms with Crippen LogP contribution in [0.5, 0.6) is 0 Å². The van der Waals surface area contributed by atoms with Gasteiger partial charge < -0.3 is 5.32 Å². The standard InChI is InChI=1S/C20H18N6O3/c1-12(27)23-15-5-4-14(13-6-8-21-9-7-13)10-16(15)26-11-22-18-17(26)19(28)25(3)20(29)24(18)2/h4-11H,1-3H3,(H,23,27). The number of hydrogen-bond acceptors (Lipinski definition) is 5. The lowest BCUT2D eigenvalue weighted by Crippen LogP contribution is -2.37. The molecule has 4 rings (SSSR count). The van der Waals surface area contributed by atoms with E-state index in [-0.39, 0.29) is 17.1 Å². The van der Waals surface area contributed by atoms with E-state index in [9.17, 15) is 14.4 Å². The number of benzene rings is 1. The smallest absolute Gasteiger partial charge is 0.325 e. The van der Waals surface area contributed by atoms with Gasteiger partial charge in [-0.3, -0.25) is 28.3 Å². The molecule has 0 aliphatic heterocycles. The summed E-state index contributed by atoms with van der Waals surface area (Å²) < 4.78 is 3.94. The minimum absolute atomic E-state index is 0.243. The van der Waals surface area contributed by atoms with Gasteiger partial charge in [0, 0.05) is 33.4 Å². The van der Waals surface area contributed by atoms with Crippen LogP contribution in [0.2, 0.25) is 0 Å². The molecule has 3 aromatic heterocycles. The maximum Gasteiger partial charge on any atom is 0.332 e. The Balaban J connectivity index is 2.04. The maximum atomic E-state index is 12.8. The first kappa shape index (κ1) is 18.4. The summed E-state index contributed by atoms with van der Waals surface area (Å²) in [5.74, 6) is -0.243. The number of aryl methyl sites for hydroxylation is 1. The molecule has 9 nitrogen and oxygen atoms in total. The summed E-state index contributed by atoms with van der Waals surface area (Å²) >= 11 is 0. The molecule has 1 N–H and O–H groups in total. The van der Waals surface area contributed by atoms with Crippen LogP contribution in [-0.2, 0) is 18.9 Å². The van der Waals surface area contributed by atoms with Crippen molar-refractivity contribution in [3.8, 4) is 16.8 Å². The van der Waals surface area contributed by atoms with Crippen LogP contribution < -0.4 is 16.6 Å². The highest BCUT2D eigenvalue weighted by molar-refractivity contribution is 5.92. The molecule has 0 fully saturated rings. The van der Waals surface area contributed by atoms with E-state index < -0.39 is 11.2 Å². The lowest BCUT2D eigenvalue weighted by atomic mass is 10.1. The third kappa shape index (κ3) is 3.02.